The molecule has 116 valence electrons. The number of hydrogen-bond donors (Lipinski definition) is 1. The van der Waals surface area contributed by atoms with Crippen molar-refractivity contribution in [1.29, 1.82) is 0 Å². The Bertz CT molecular complexity index is 779. The van der Waals surface area contributed by atoms with E-state index in [2.05, 4.69) is 15.4 Å². The van der Waals surface area contributed by atoms with Gasteiger partial charge in [-0.15, -0.1) is 0 Å². The minimum absolute atomic E-state index is 0.137. The summed E-state index contributed by atoms with van der Waals surface area (Å²) in [5, 5.41) is 7.09. The molecule has 1 aromatic carbocycles. The van der Waals surface area contributed by atoms with Gasteiger partial charge in [0.15, 0.2) is 0 Å². The Balaban J connectivity index is 1.53. The average molecular weight is 306 g/mol. The van der Waals surface area contributed by atoms with Crippen LogP contribution in [0.2, 0.25) is 0 Å². The first-order valence-electron chi connectivity index (χ1n) is 7.53. The molecule has 5 heteroatoms. The third kappa shape index (κ3) is 3.83. The summed E-state index contributed by atoms with van der Waals surface area (Å²) >= 11 is 0. The first-order valence-corrected chi connectivity index (χ1v) is 7.53. The van der Waals surface area contributed by atoms with E-state index in [1.807, 2.05) is 60.3 Å². The molecule has 1 amide bonds. The Hall–Kier alpha value is -2.95. The monoisotopic (exact) mass is 306 g/mol. The van der Waals surface area contributed by atoms with Gasteiger partial charge in [0, 0.05) is 24.6 Å². The molecule has 0 saturated heterocycles. The molecule has 0 atom stereocenters. The van der Waals surface area contributed by atoms with Crippen LogP contribution in [0.25, 0.3) is 5.69 Å². The molecule has 0 bridgehead atoms. The van der Waals surface area contributed by atoms with Gasteiger partial charge in [-0.05, 0) is 49.2 Å². The highest BCUT2D eigenvalue weighted by Crippen LogP contribution is 2.09. The van der Waals surface area contributed by atoms with Gasteiger partial charge in [-0.2, -0.15) is 5.10 Å². The van der Waals surface area contributed by atoms with E-state index in [-0.39, 0.29) is 5.91 Å². The molecule has 2 aromatic heterocycles. The second-order valence-electron chi connectivity index (χ2n) is 5.29. The Morgan fingerprint density at radius 1 is 1.13 bits per heavy atom. The van der Waals surface area contributed by atoms with Gasteiger partial charge >= 0.3 is 0 Å². The van der Waals surface area contributed by atoms with Crippen LogP contribution in [0.1, 0.15) is 21.7 Å². The summed E-state index contributed by atoms with van der Waals surface area (Å²) in [7, 11) is 0. The van der Waals surface area contributed by atoms with Crippen molar-refractivity contribution in [2.24, 2.45) is 0 Å². The van der Waals surface area contributed by atoms with Crippen LogP contribution in [0.3, 0.4) is 0 Å². The van der Waals surface area contributed by atoms with E-state index < -0.39 is 0 Å². The largest absolute Gasteiger partial charge is 0.350 e. The van der Waals surface area contributed by atoms with Gasteiger partial charge in [-0.1, -0.05) is 18.2 Å². The van der Waals surface area contributed by atoms with Gasteiger partial charge in [-0.25, -0.2) is 9.67 Å². The number of rotatable bonds is 5. The normalized spacial score (nSPS) is 10.5. The molecule has 2 heterocycles. The minimum Gasteiger partial charge on any atom is -0.350 e. The summed E-state index contributed by atoms with van der Waals surface area (Å²) in [6, 6.07) is 15.5. The van der Waals surface area contributed by atoms with E-state index in [1.165, 1.54) is 5.56 Å². The van der Waals surface area contributed by atoms with Crippen molar-refractivity contribution in [3.05, 3.63) is 77.9 Å². The maximum absolute atomic E-state index is 12.0. The fraction of sp³-hybridized carbons (Fsp3) is 0.167. The third-order valence-corrected chi connectivity index (χ3v) is 3.53. The van der Waals surface area contributed by atoms with Gasteiger partial charge < -0.3 is 5.32 Å². The van der Waals surface area contributed by atoms with Crippen molar-refractivity contribution in [3.8, 4) is 5.69 Å². The highest BCUT2D eigenvalue weighted by Gasteiger charge is 2.06. The van der Waals surface area contributed by atoms with Crippen molar-refractivity contribution in [2.75, 3.05) is 6.54 Å². The molecule has 3 rings (SSSR count). The minimum atomic E-state index is -0.137. The predicted molar refractivity (Wildman–Crippen MR) is 88.6 cm³/mol. The number of pyridine rings is 1. The molecule has 0 aliphatic carbocycles. The number of nitrogens with one attached hydrogen (secondary N) is 1. The number of aromatic nitrogens is 3. The van der Waals surface area contributed by atoms with E-state index >= 15 is 0 Å². The number of carbonyl (C=O) groups excluding carboxylic acids is 1. The molecule has 0 aliphatic rings. The molecule has 0 spiro atoms. The fourth-order valence-electron chi connectivity index (χ4n) is 2.32. The van der Waals surface area contributed by atoms with Crippen molar-refractivity contribution >= 4 is 5.91 Å². The zero-order valence-corrected chi connectivity index (χ0v) is 12.9. The number of benzene rings is 1. The maximum atomic E-state index is 12.0. The van der Waals surface area contributed by atoms with Crippen LogP contribution >= 0.6 is 0 Å². The Morgan fingerprint density at radius 2 is 1.96 bits per heavy atom. The topological polar surface area (TPSA) is 59.8 Å². The molecule has 0 saturated carbocycles. The average Bonchev–Trinajstić information content (AvgIpc) is 3.10. The first-order chi connectivity index (χ1) is 11.2. The zero-order valence-electron chi connectivity index (χ0n) is 12.9. The molecule has 23 heavy (non-hydrogen) atoms. The molecular weight excluding hydrogens is 288 g/mol. The van der Waals surface area contributed by atoms with Crippen molar-refractivity contribution < 1.29 is 4.79 Å². The quantitative estimate of drug-likeness (QED) is 0.788. The van der Waals surface area contributed by atoms with Crippen LogP contribution in [-0.4, -0.2) is 27.2 Å². The lowest BCUT2D eigenvalue weighted by Crippen LogP contribution is -2.26. The number of carbonyl (C=O) groups is 1. The molecular formula is C18H18N4O. The molecule has 5 nitrogen and oxygen atoms in total. The maximum Gasteiger partial charge on any atom is 0.269 e. The number of aryl methyl sites for hydroxylation is 1. The molecule has 3 aromatic rings. The highest BCUT2D eigenvalue weighted by atomic mass is 16.1. The summed E-state index contributed by atoms with van der Waals surface area (Å²) in [5.41, 5.74) is 3.48. The van der Waals surface area contributed by atoms with Gasteiger partial charge in [0.1, 0.15) is 5.69 Å². The molecule has 1 N–H and O–H groups in total. The van der Waals surface area contributed by atoms with E-state index in [9.17, 15) is 4.79 Å². The Kier molecular flexibility index (Phi) is 4.47. The highest BCUT2D eigenvalue weighted by molar-refractivity contribution is 5.92. The second kappa shape index (κ2) is 6.87. The molecule has 0 aliphatic heterocycles. The van der Waals surface area contributed by atoms with Gasteiger partial charge in [0.05, 0.1) is 5.69 Å². The van der Waals surface area contributed by atoms with Crippen molar-refractivity contribution in [1.82, 2.24) is 20.1 Å². The van der Waals surface area contributed by atoms with Gasteiger partial charge in [0.25, 0.3) is 5.91 Å². The van der Waals surface area contributed by atoms with Crippen LogP contribution in [0.15, 0.2) is 60.9 Å². The van der Waals surface area contributed by atoms with Crippen LogP contribution in [0.4, 0.5) is 0 Å². The molecule has 0 unspecified atom stereocenters. The zero-order chi connectivity index (χ0) is 16.1. The Labute approximate surface area is 135 Å². The van der Waals surface area contributed by atoms with Gasteiger partial charge in [0.2, 0.25) is 0 Å². The fourth-order valence-corrected chi connectivity index (χ4v) is 2.32. The van der Waals surface area contributed by atoms with Crippen molar-refractivity contribution in [2.45, 2.75) is 13.3 Å². The van der Waals surface area contributed by atoms with Gasteiger partial charge in [-0.3, -0.25) is 4.79 Å². The molecule has 0 fully saturated rings. The second-order valence-corrected chi connectivity index (χ2v) is 5.29. The summed E-state index contributed by atoms with van der Waals surface area (Å²) in [6.07, 6.45) is 4.43. The molecule has 0 radical (unpaired) electrons. The van der Waals surface area contributed by atoms with Crippen LogP contribution in [0, 0.1) is 6.92 Å². The lowest BCUT2D eigenvalue weighted by atomic mass is 10.1. The van der Waals surface area contributed by atoms with E-state index in [0.717, 1.165) is 17.8 Å². The van der Waals surface area contributed by atoms with Crippen LogP contribution in [0.5, 0.6) is 0 Å². The van der Waals surface area contributed by atoms with E-state index in [1.54, 1.807) is 12.3 Å². The van der Waals surface area contributed by atoms with Crippen molar-refractivity contribution in [3.63, 3.8) is 0 Å². The summed E-state index contributed by atoms with van der Waals surface area (Å²) in [5.74, 6) is -0.137. The summed E-state index contributed by atoms with van der Waals surface area (Å²) < 4.78 is 1.81. The number of amides is 1. The third-order valence-electron chi connectivity index (χ3n) is 3.53. The lowest BCUT2D eigenvalue weighted by molar-refractivity contribution is 0.0949. The van der Waals surface area contributed by atoms with Crippen LogP contribution < -0.4 is 5.32 Å². The summed E-state index contributed by atoms with van der Waals surface area (Å²) in [4.78, 5) is 16.2. The van der Waals surface area contributed by atoms with E-state index in [0.29, 0.717) is 12.2 Å². The predicted octanol–water partition coefficient (Wildman–Crippen LogP) is 2.55. The smallest absolute Gasteiger partial charge is 0.269 e. The van der Waals surface area contributed by atoms with Crippen LogP contribution in [-0.2, 0) is 6.42 Å². The Morgan fingerprint density at radius 3 is 2.65 bits per heavy atom. The summed E-state index contributed by atoms with van der Waals surface area (Å²) in [6.45, 7) is 2.45. The number of nitrogens with zero attached hydrogens (tertiary/aromatic N) is 3. The first kappa shape index (κ1) is 15.0. The van der Waals surface area contributed by atoms with E-state index in [4.69, 9.17) is 0 Å². The lowest BCUT2D eigenvalue weighted by Gasteiger charge is -2.07. The number of hydrogen-bond acceptors (Lipinski definition) is 3. The SMILES string of the molecule is Cc1cccc(C(=O)NCCc2ccc(-n3cccn3)cc2)n1. The standard InChI is InChI=1S/C18H18N4O/c1-14-4-2-5-17(21-14)18(23)19-12-10-15-6-8-16(9-7-15)22-13-3-11-20-22/h2-9,11,13H,10,12H2,1H3,(H,19,23).